The summed E-state index contributed by atoms with van der Waals surface area (Å²) in [6.45, 7) is 4.98. The van der Waals surface area contributed by atoms with Gasteiger partial charge in [0.25, 0.3) is 0 Å². The second-order valence-corrected chi connectivity index (χ2v) is 4.86. The Morgan fingerprint density at radius 1 is 1.44 bits per heavy atom. The van der Waals surface area contributed by atoms with Crippen LogP contribution in [0.25, 0.3) is 11.0 Å². The molecule has 0 saturated carbocycles. The number of halogens is 1. The van der Waals surface area contributed by atoms with Gasteiger partial charge in [-0.25, -0.2) is 9.78 Å². The van der Waals surface area contributed by atoms with E-state index in [0.717, 1.165) is 28.5 Å². The van der Waals surface area contributed by atoms with Crippen LogP contribution in [0, 0.1) is 0 Å². The molecule has 2 aromatic rings. The fraction of sp³-hybridized carbons (Fsp3) is 0.385. The van der Waals surface area contributed by atoms with Crippen LogP contribution in [-0.4, -0.2) is 22.1 Å². The number of benzene rings is 1. The summed E-state index contributed by atoms with van der Waals surface area (Å²) in [6.07, 6.45) is 0.938. The first-order valence-electron chi connectivity index (χ1n) is 6.00. The molecule has 1 heterocycles. The van der Waals surface area contributed by atoms with Crippen molar-refractivity contribution in [3.05, 3.63) is 28.5 Å². The summed E-state index contributed by atoms with van der Waals surface area (Å²) in [6, 6.07) is 5.82. The maximum Gasteiger partial charge on any atom is 0.374 e. The van der Waals surface area contributed by atoms with Gasteiger partial charge in [0.05, 0.1) is 17.6 Å². The highest BCUT2D eigenvalue weighted by atomic mass is 79.9. The summed E-state index contributed by atoms with van der Waals surface area (Å²) >= 11 is 3.41. The van der Waals surface area contributed by atoms with Gasteiger partial charge >= 0.3 is 5.97 Å². The highest BCUT2D eigenvalue weighted by Crippen LogP contribution is 2.21. The summed E-state index contributed by atoms with van der Waals surface area (Å²) in [5.41, 5.74) is 1.77. The Bertz CT molecular complexity index is 578. The van der Waals surface area contributed by atoms with Gasteiger partial charge in [-0.2, -0.15) is 0 Å². The van der Waals surface area contributed by atoms with Gasteiger partial charge in [-0.15, -0.1) is 0 Å². The molecule has 2 rings (SSSR count). The van der Waals surface area contributed by atoms with Crippen molar-refractivity contribution in [1.82, 2.24) is 9.55 Å². The maximum atomic E-state index is 11.9. The molecule has 4 nitrogen and oxygen atoms in total. The molecular weight excluding hydrogens is 296 g/mol. The maximum absolute atomic E-state index is 11.9. The van der Waals surface area contributed by atoms with E-state index in [1.165, 1.54) is 0 Å². The van der Waals surface area contributed by atoms with Crippen molar-refractivity contribution >= 4 is 32.9 Å². The number of aryl methyl sites for hydroxylation is 1. The average Bonchev–Trinajstić information content (AvgIpc) is 2.68. The highest BCUT2D eigenvalue weighted by molar-refractivity contribution is 9.10. The summed E-state index contributed by atoms with van der Waals surface area (Å²) in [5, 5.41) is 0. The van der Waals surface area contributed by atoms with Crippen molar-refractivity contribution in [2.24, 2.45) is 0 Å². The summed E-state index contributed by atoms with van der Waals surface area (Å²) in [7, 11) is 0. The third-order valence-electron chi connectivity index (χ3n) is 2.62. The summed E-state index contributed by atoms with van der Waals surface area (Å²) in [4.78, 5) is 16.2. The molecule has 0 fully saturated rings. The molecule has 1 aromatic carbocycles. The summed E-state index contributed by atoms with van der Waals surface area (Å²) in [5.74, 6) is 0.0186. The Balaban J connectivity index is 2.56. The predicted molar refractivity (Wildman–Crippen MR) is 73.7 cm³/mol. The lowest BCUT2D eigenvalue weighted by Gasteiger charge is -2.06. The van der Waals surface area contributed by atoms with Crippen LogP contribution in [0.4, 0.5) is 0 Å². The van der Waals surface area contributed by atoms with Crippen molar-refractivity contribution in [3.8, 4) is 0 Å². The number of hydrogen-bond acceptors (Lipinski definition) is 3. The highest BCUT2D eigenvalue weighted by Gasteiger charge is 2.18. The lowest BCUT2D eigenvalue weighted by Crippen LogP contribution is -2.13. The van der Waals surface area contributed by atoms with Gasteiger partial charge in [0, 0.05) is 11.0 Å². The van der Waals surface area contributed by atoms with E-state index in [0.29, 0.717) is 12.4 Å². The predicted octanol–water partition coefficient (Wildman–Crippen LogP) is 3.39. The Morgan fingerprint density at radius 2 is 2.22 bits per heavy atom. The molecule has 1 aromatic heterocycles. The molecule has 0 aliphatic heterocycles. The molecule has 0 amide bonds. The van der Waals surface area contributed by atoms with Crippen LogP contribution in [0.15, 0.2) is 22.7 Å². The smallest absolute Gasteiger partial charge is 0.374 e. The fourth-order valence-electron chi connectivity index (χ4n) is 1.90. The minimum atomic E-state index is -0.363. The van der Waals surface area contributed by atoms with Crippen LogP contribution in [0.1, 0.15) is 30.9 Å². The molecule has 0 radical (unpaired) electrons. The van der Waals surface area contributed by atoms with Crippen molar-refractivity contribution in [2.45, 2.75) is 26.8 Å². The van der Waals surface area contributed by atoms with Gasteiger partial charge in [0.15, 0.2) is 0 Å². The first-order chi connectivity index (χ1) is 8.67. The number of carbonyl (C=O) groups excluding carboxylic acids is 1. The van der Waals surface area contributed by atoms with E-state index in [1.54, 1.807) is 6.92 Å². The van der Waals surface area contributed by atoms with Gasteiger partial charge in [0.1, 0.15) is 0 Å². The van der Waals surface area contributed by atoms with Gasteiger partial charge in [-0.05, 0) is 31.5 Å². The molecular formula is C13H15BrN2O2. The summed E-state index contributed by atoms with van der Waals surface area (Å²) < 4.78 is 7.91. The monoisotopic (exact) mass is 310 g/mol. The molecule has 0 aliphatic rings. The lowest BCUT2D eigenvalue weighted by molar-refractivity contribution is 0.0507. The standard InChI is InChI=1S/C13H15BrN2O2/c1-3-7-16-11-6-5-9(14)8-10(11)15-12(16)13(17)18-4-2/h5-6,8H,3-4,7H2,1-2H3. The normalized spacial score (nSPS) is 10.8. The number of hydrogen-bond donors (Lipinski definition) is 0. The fourth-order valence-corrected chi connectivity index (χ4v) is 2.25. The Labute approximate surface area is 114 Å². The first-order valence-corrected chi connectivity index (χ1v) is 6.79. The second kappa shape index (κ2) is 5.52. The largest absolute Gasteiger partial charge is 0.460 e. The van der Waals surface area contributed by atoms with Gasteiger partial charge in [-0.1, -0.05) is 22.9 Å². The zero-order chi connectivity index (χ0) is 13.1. The third kappa shape index (κ3) is 2.41. The zero-order valence-electron chi connectivity index (χ0n) is 10.4. The minimum Gasteiger partial charge on any atom is -0.460 e. The minimum absolute atomic E-state index is 0.359. The third-order valence-corrected chi connectivity index (χ3v) is 3.11. The molecule has 0 aliphatic carbocycles. The van der Waals surface area contributed by atoms with E-state index < -0.39 is 0 Å². The van der Waals surface area contributed by atoms with Crippen LogP contribution in [-0.2, 0) is 11.3 Å². The number of esters is 1. The molecule has 0 N–H and O–H groups in total. The van der Waals surface area contributed by atoms with Crippen molar-refractivity contribution < 1.29 is 9.53 Å². The number of nitrogens with zero attached hydrogens (tertiary/aromatic N) is 2. The first kappa shape index (κ1) is 13.1. The van der Waals surface area contributed by atoms with Crippen LogP contribution < -0.4 is 0 Å². The zero-order valence-corrected chi connectivity index (χ0v) is 12.0. The molecule has 5 heteroatoms. The van der Waals surface area contributed by atoms with Crippen LogP contribution in [0.2, 0.25) is 0 Å². The molecule has 96 valence electrons. The van der Waals surface area contributed by atoms with Crippen LogP contribution >= 0.6 is 15.9 Å². The van der Waals surface area contributed by atoms with E-state index in [4.69, 9.17) is 4.74 Å². The molecule has 0 atom stereocenters. The van der Waals surface area contributed by atoms with E-state index in [1.807, 2.05) is 22.8 Å². The molecule has 0 unspecified atom stereocenters. The van der Waals surface area contributed by atoms with E-state index in [-0.39, 0.29) is 5.97 Å². The molecule has 18 heavy (non-hydrogen) atoms. The topological polar surface area (TPSA) is 44.1 Å². The van der Waals surface area contributed by atoms with Gasteiger partial charge < -0.3 is 9.30 Å². The number of imidazole rings is 1. The number of aromatic nitrogens is 2. The number of carbonyl (C=O) groups is 1. The quantitative estimate of drug-likeness (QED) is 0.813. The van der Waals surface area contributed by atoms with E-state index >= 15 is 0 Å². The van der Waals surface area contributed by atoms with Crippen molar-refractivity contribution in [3.63, 3.8) is 0 Å². The van der Waals surface area contributed by atoms with E-state index in [2.05, 4.69) is 27.8 Å². The molecule has 0 bridgehead atoms. The Hall–Kier alpha value is -1.36. The van der Waals surface area contributed by atoms with Crippen molar-refractivity contribution in [2.75, 3.05) is 6.61 Å². The second-order valence-electron chi connectivity index (χ2n) is 3.94. The lowest BCUT2D eigenvalue weighted by atomic mass is 10.3. The average molecular weight is 311 g/mol. The van der Waals surface area contributed by atoms with Crippen molar-refractivity contribution in [1.29, 1.82) is 0 Å². The number of rotatable bonds is 4. The molecule has 0 spiro atoms. The van der Waals surface area contributed by atoms with Gasteiger partial charge in [-0.3, -0.25) is 0 Å². The van der Waals surface area contributed by atoms with Crippen LogP contribution in [0.5, 0.6) is 0 Å². The van der Waals surface area contributed by atoms with Gasteiger partial charge in [0.2, 0.25) is 5.82 Å². The number of fused-ring (bicyclic) bond motifs is 1. The van der Waals surface area contributed by atoms with Crippen LogP contribution in [0.3, 0.4) is 0 Å². The Morgan fingerprint density at radius 3 is 2.89 bits per heavy atom. The van der Waals surface area contributed by atoms with E-state index in [9.17, 15) is 4.79 Å². The number of ether oxygens (including phenoxy) is 1. The Kier molecular flexibility index (Phi) is 4.01. The SMILES string of the molecule is CCCn1c(C(=O)OCC)nc2cc(Br)ccc21. The molecule has 0 saturated heterocycles.